The Labute approximate surface area is 125 Å². The van der Waals surface area contributed by atoms with Gasteiger partial charge in [0.2, 0.25) is 5.91 Å². The van der Waals surface area contributed by atoms with Crippen molar-refractivity contribution in [2.24, 2.45) is 11.8 Å². The third-order valence-electron chi connectivity index (χ3n) is 4.65. The van der Waals surface area contributed by atoms with E-state index in [1.807, 2.05) is 30.3 Å². The molecule has 2 N–H and O–H groups in total. The van der Waals surface area contributed by atoms with Gasteiger partial charge in [0.1, 0.15) is 5.60 Å². The van der Waals surface area contributed by atoms with Gasteiger partial charge in [-0.1, -0.05) is 30.3 Å². The summed E-state index contributed by atoms with van der Waals surface area (Å²) >= 11 is 0. The molecular formula is C17H23NO3. The Morgan fingerprint density at radius 3 is 2.48 bits per heavy atom. The lowest BCUT2D eigenvalue weighted by Gasteiger charge is -2.39. The topological polar surface area (TPSA) is 58.6 Å². The number of amides is 1. The average molecular weight is 289 g/mol. The highest BCUT2D eigenvalue weighted by molar-refractivity contribution is 5.80. The molecule has 2 fully saturated rings. The molecule has 0 radical (unpaired) electrons. The molecule has 1 aliphatic carbocycles. The predicted molar refractivity (Wildman–Crippen MR) is 79.6 cm³/mol. The fourth-order valence-corrected chi connectivity index (χ4v) is 3.10. The van der Waals surface area contributed by atoms with Crippen molar-refractivity contribution < 1.29 is 14.6 Å². The molecule has 1 amide bonds. The summed E-state index contributed by atoms with van der Waals surface area (Å²) in [7, 11) is 0. The van der Waals surface area contributed by atoms with E-state index in [4.69, 9.17) is 4.74 Å². The van der Waals surface area contributed by atoms with E-state index in [1.165, 1.54) is 0 Å². The smallest absolute Gasteiger partial charge is 0.223 e. The highest BCUT2D eigenvalue weighted by Crippen LogP contribution is 2.36. The quantitative estimate of drug-likeness (QED) is 0.869. The van der Waals surface area contributed by atoms with Crippen molar-refractivity contribution >= 4 is 5.91 Å². The van der Waals surface area contributed by atoms with Crippen molar-refractivity contribution in [2.45, 2.75) is 31.3 Å². The third kappa shape index (κ3) is 3.27. The molecule has 1 heterocycles. The molecule has 1 atom stereocenters. The molecule has 0 unspecified atom stereocenters. The fraction of sp³-hybridized carbons (Fsp3) is 0.588. The van der Waals surface area contributed by atoms with Crippen molar-refractivity contribution in [2.75, 3.05) is 19.8 Å². The van der Waals surface area contributed by atoms with Gasteiger partial charge in [0.05, 0.1) is 6.54 Å². The summed E-state index contributed by atoms with van der Waals surface area (Å²) in [4.78, 5) is 11.9. The van der Waals surface area contributed by atoms with Gasteiger partial charge in [0, 0.05) is 19.1 Å². The summed E-state index contributed by atoms with van der Waals surface area (Å²) < 4.78 is 5.41. The van der Waals surface area contributed by atoms with Crippen molar-refractivity contribution in [3.8, 4) is 0 Å². The zero-order valence-corrected chi connectivity index (χ0v) is 12.3. The summed E-state index contributed by atoms with van der Waals surface area (Å²) in [5.74, 6) is 0.365. The number of carbonyl (C=O) groups is 1. The van der Waals surface area contributed by atoms with Gasteiger partial charge in [0.25, 0.3) is 0 Å². The molecule has 21 heavy (non-hydrogen) atoms. The first-order valence-electron chi connectivity index (χ1n) is 7.83. The molecule has 0 bridgehead atoms. The van der Waals surface area contributed by atoms with E-state index in [-0.39, 0.29) is 24.3 Å². The Morgan fingerprint density at radius 1 is 1.19 bits per heavy atom. The Hall–Kier alpha value is -1.39. The second kappa shape index (κ2) is 6.16. The molecule has 1 aliphatic heterocycles. The number of nitrogens with one attached hydrogen (secondary N) is 1. The van der Waals surface area contributed by atoms with E-state index in [1.54, 1.807) is 0 Å². The minimum Gasteiger partial charge on any atom is -0.383 e. The number of benzene rings is 1. The van der Waals surface area contributed by atoms with Crippen LogP contribution in [0.5, 0.6) is 0 Å². The van der Waals surface area contributed by atoms with E-state index in [0.29, 0.717) is 13.2 Å². The molecule has 4 nitrogen and oxygen atoms in total. The number of hydrogen-bond acceptors (Lipinski definition) is 3. The van der Waals surface area contributed by atoms with E-state index in [2.05, 4.69) is 5.32 Å². The maximum absolute atomic E-state index is 11.9. The van der Waals surface area contributed by atoms with Crippen LogP contribution in [-0.4, -0.2) is 30.8 Å². The molecule has 1 saturated heterocycles. The average Bonchev–Trinajstić information content (AvgIpc) is 3.39. The molecule has 1 aromatic rings. The first-order chi connectivity index (χ1) is 10.2. The van der Waals surface area contributed by atoms with Crippen molar-refractivity contribution in [3.63, 3.8) is 0 Å². The standard InChI is InChI=1S/C17H23NO3/c19-16(13-6-7-13)18-12-17(20,14-4-2-1-3-5-14)15-8-10-21-11-9-15/h1-5,13,15,20H,6-12H2,(H,18,19)/t17-/m1/s1. The van der Waals surface area contributed by atoms with Crippen LogP contribution >= 0.6 is 0 Å². The van der Waals surface area contributed by atoms with Gasteiger partial charge < -0.3 is 15.2 Å². The lowest BCUT2D eigenvalue weighted by molar-refractivity contribution is -0.125. The van der Waals surface area contributed by atoms with Crippen LogP contribution < -0.4 is 5.32 Å². The van der Waals surface area contributed by atoms with Gasteiger partial charge in [0.15, 0.2) is 0 Å². The Balaban J connectivity index is 1.77. The van der Waals surface area contributed by atoms with Crippen LogP contribution in [0.2, 0.25) is 0 Å². The Kier molecular flexibility index (Phi) is 4.27. The van der Waals surface area contributed by atoms with E-state index < -0.39 is 5.60 Å². The normalized spacial score (nSPS) is 22.5. The van der Waals surface area contributed by atoms with Crippen molar-refractivity contribution in [3.05, 3.63) is 35.9 Å². The lowest BCUT2D eigenvalue weighted by Crippen LogP contribution is -2.48. The number of carbonyl (C=O) groups excluding carboxylic acids is 1. The number of aliphatic hydroxyl groups is 1. The molecule has 0 aromatic heterocycles. The molecule has 2 aliphatic rings. The summed E-state index contributed by atoms with van der Waals surface area (Å²) in [6, 6.07) is 9.69. The van der Waals surface area contributed by atoms with E-state index in [0.717, 1.165) is 31.2 Å². The van der Waals surface area contributed by atoms with Crippen molar-refractivity contribution in [1.82, 2.24) is 5.32 Å². The van der Waals surface area contributed by atoms with Gasteiger partial charge in [-0.15, -0.1) is 0 Å². The maximum Gasteiger partial charge on any atom is 0.223 e. The third-order valence-corrected chi connectivity index (χ3v) is 4.65. The predicted octanol–water partition coefficient (Wildman–Crippen LogP) is 1.83. The Bertz CT molecular complexity index is 480. The summed E-state index contributed by atoms with van der Waals surface area (Å²) in [5.41, 5.74) is -0.122. The molecular weight excluding hydrogens is 266 g/mol. The van der Waals surface area contributed by atoms with Crippen LogP contribution in [0.15, 0.2) is 30.3 Å². The van der Waals surface area contributed by atoms with Gasteiger partial charge >= 0.3 is 0 Å². The zero-order valence-electron chi connectivity index (χ0n) is 12.3. The minimum atomic E-state index is -1.00. The maximum atomic E-state index is 11.9. The zero-order chi connectivity index (χ0) is 14.7. The summed E-state index contributed by atoms with van der Waals surface area (Å²) in [6.07, 6.45) is 3.61. The number of rotatable bonds is 5. The summed E-state index contributed by atoms with van der Waals surface area (Å²) in [6.45, 7) is 1.64. The van der Waals surface area contributed by atoms with Crippen LogP contribution in [0.1, 0.15) is 31.2 Å². The van der Waals surface area contributed by atoms with Gasteiger partial charge in [-0.05, 0) is 37.2 Å². The minimum absolute atomic E-state index is 0.0800. The SMILES string of the molecule is O=C(NC[C@@](O)(c1ccccc1)C1CCOCC1)C1CC1. The van der Waals surface area contributed by atoms with Gasteiger partial charge in [-0.25, -0.2) is 0 Å². The number of ether oxygens (including phenoxy) is 1. The van der Waals surface area contributed by atoms with Crippen LogP contribution in [0.4, 0.5) is 0 Å². The second-order valence-corrected chi connectivity index (χ2v) is 6.17. The molecule has 1 saturated carbocycles. The molecule has 4 heteroatoms. The van der Waals surface area contributed by atoms with E-state index >= 15 is 0 Å². The first kappa shape index (κ1) is 14.5. The molecule has 3 rings (SSSR count). The first-order valence-corrected chi connectivity index (χ1v) is 7.83. The highest BCUT2D eigenvalue weighted by atomic mass is 16.5. The van der Waals surface area contributed by atoms with Crippen LogP contribution in [0.25, 0.3) is 0 Å². The Morgan fingerprint density at radius 2 is 1.86 bits per heavy atom. The van der Waals surface area contributed by atoms with Crippen LogP contribution in [0, 0.1) is 11.8 Å². The lowest BCUT2D eigenvalue weighted by atomic mass is 9.77. The van der Waals surface area contributed by atoms with Gasteiger partial charge in [-0.3, -0.25) is 4.79 Å². The molecule has 0 spiro atoms. The second-order valence-electron chi connectivity index (χ2n) is 6.17. The molecule has 1 aromatic carbocycles. The highest BCUT2D eigenvalue weighted by Gasteiger charge is 2.40. The summed E-state index contributed by atoms with van der Waals surface area (Å²) in [5, 5.41) is 14.2. The van der Waals surface area contributed by atoms with Crippen molar-refractivity contribution in [1.29, 1.82) is 0 Å². The molecule has 114 valence electrons. The van der Waals surface area contributed by atoms with E-state index in [9.17, 15) is 9.90 Å². The van der Waals surface area contributed by atoms with Crippen LogP contribution in [-0.2, 0) is 15.1 Å². The van der Waals surface area contributed by atoms with Gasteiger partial charge in [-0.2, -0.15) is 0 Å². The number of hydrogen-bond donors (Lipinski definition) is 2. The van der Waals surface area contributed by atoms with Crippen LogP contribution in [0.3, 0.4) is 0 Å². The monoisotopic (exact) mass is 289 g/mol. The largest absolute Gasteiger partial charge is 0.383 e. The fourth-order valence-electron chi connectivity index (χ4n) is 3.10.